The monoisotopic (exact) mass is 226 g/mol. The van der Waals surface area contributed by atoms with Crippen LogP contribution in [0.25, 0.3) is 0 Å². The molecular formula is C9H7ClN2O3. The molecule has 1 heterocycles. The van der Waals surface area contributed by atoms with Gasteiger partial charge in [-0.2, -0.15) is 0 Å². The number of carboxylic acids is 1. The van der Waals surface area contributed by atoms with Crippen LogP contribution in [0, 0.1) is 0 Å². The second-order valence-electron chi connectivity index (χ2n) is 3.10. The lowest BCUT2D eigenvalue weighted by atomic mass is 10.0. The molecule has 1 atom stereocenters. The first-order chi connectivity index (χ1) is 7.08. The second kappa shape index (κ2) is 3.43. The van der Waals surface area contributed by atoms with Gasteiger partial charge in [-0.15, -0.1) is 0 Å². The summed E-state index contributed by atoms with van der Waals surface area (Å²) in [5, 5.41) is 14.1. The molecule has 2 amide bonds. The Bertz CT molecular complexity index is 447. The van der Waals surface area contributed by atoms with Crippen LogP contribution in [0.4, 0.5) is 10.5 Å². The number of urea groups is 1. The topological polar surface area (TPSA) is 78.4 Å². The van der Waals surface area contributed by atoms with Crippen molar-refractivity contribution in [1.29, 1.82) is 0 Å². The average Bonchev–Trinajstić information content (AvgIpc) is 2.17. The maximum Gasteiger partial charge on any atom is 0.331 e. The molecule has 6 heteroatoms. The van der Waals surface area contributed by atoms with Crippen molar-refractivity contribution in [2.45, 2.75) is 6.04 Å². The first-order valence-corrected chi connectivity index (χ1v) is 4.55. The molecule has 1 aromatic carbocycles. The van der Waals surface area contributed by atoms with E-state index in [-0.39, 0.29) is 0 Å². The molecule has 5 nitrogen and oxygen atoms in total. The number of carbonyl (C=O) groups excluding carboxylic acids is 1. The van der Waals surface area contributed by atoms with E-state index in [0.29, 0.717) is 16.3 Å². The molecule has 0 fully saturated rings. The van der Waals surface area contributed by atoms with Crippen molar-refractivity contribution in [3.05, 3.63) is 28.8 Å². The van der Waals surface area contributed by atoms with Crippen molar-refractivity contribution < 1.29 is 14.7 Å². The number of rotatable bonds is 1. The van der Waals surface area contributed by atoms with E-state index in [1.165, 1.54) is 6.07 Å². The Labute approximate surface area is 90.0 Å². The van der Waals surface area contributed by atoms with E-state index in [1.54, 1.807) is 12.1 Å². The molecular weight excluding hydrogens is 220 g/mol. The first-order valence-electron chi connectivity index (χ1n) is 4.17. The third-order valence-corrected chi connectivity index (χ3v) is 2.33. The van der Waals surface area contributed by atoms with E-state index < -0.39 is 18.0 Å². The number of anilines is 1. The smallest absolute Gasteiger partial charge is 0.331 e. The van der Waals surface area contributed by atoms with E-state index in [9.17, 15) is 9.59 Å². The fourth-order valence-corrected chi connectivity index (χ4v) is 1.63. The van der Waals surface area contributed by atoms with Crippen LogP contribution in [-0.4, -0.2) is 17.1 Å². The molecule has 3 N–H and O–H groups in total. The highest BCUT2D eigenvalue weighted by Gasteiger charge is 2.29. The van der Waals surface area contributed by atoms with Gasteiger partial charge in [0, 0.05) is 16.3 Å². The summed E-state index contributed by atoms with van der Waals surface area (Å²) in [4.78, 5) is 22.0. The van der Waals surface area contributed by atoms with E-state index in [4.69, 9.17) is 16.7 Å². The molecule has 1 aliphatic rings. The Morgan fingerprint density at radius 3 is 2.87 bits per heavy atom. The Balaban J connectivity index is 2.52. The van der Waals surface area contributed by atoms with Crippen molar-refractivity contribution in [1.82, 2.24) is 5.32 Å². The summed E-state index contributed by atoms with van der Waals surface area (Å²) in [7, 11) is 0. The third kappa shape index (κ3) is 1.73. The van der Waals surface area contributed by atoms with E-state index in [0.717, 1.165) is 0 Å². The highest BCUT2D eigenvalue weighted by Crippen LogP contribution is 2.29. The summed E-state index contributed by atoms with van der Waals surface area (Å²) in [6.07, 6.45) is 0. The zero-order valence-corrected chi connectivity index (χ0v) is 8.21. The van der Waals surface area contributed by atoms with Crippen LogP contribution in [0.2, 0.25) is 5.02 Å². The second-order valence-corrected chi connectivity index (χ2v) is 3.54. The summed E-state index contributed by atoms with van der Waals surface area (Å²) >= 11 is 5.75. The highest BCUT2D eigenvalue weighted by atomic mass is 35.5. The highest BCUT2D eigenvalue weighted by molar-refractivity contribution is 6.30. The molecule has 1 aromatic rings. The van der Waals surface area contributed by atoms with Crippen LogP contribution in [0.3, 0.4) is 0 Å². The van der Waals surface area contributed by atoms with Gasteiger partial charge in [-0.05, 0) is 18.2 Å². The molecule has 0 bridgehead atoms. The minimum Gasteiger partial charge on any atom is -0.479 e. The number of benzene rings is 1. The maximum absolute atomic E-state index is 11.1. The van der Waals surface area contributed by atoms with Gasteiger partial charge >= 0.3 is 12.0 Å². The van der Waals surface area contributed by atoms with Gasteiger partial charge in [0.15, 0.2) is 6.04 Å². The summed E-state index contributed by atoms with van der Waals surface area (Å²) in [6, 6.07) is 3.10. The molecule has 0 spiro atoms. The summed E-state index contributed by atoms with van der Waals surface area (Å²) in [5.74, 6) is -1.12. The largest absolute Gasteiger partial charge is 0.479 e. The molecule has 78 valence electrons. The van der Waals surface area contributed by atoms with Gasteiger partial charge in [0.1, 0.15) is 0 Å². The lowest BCUT2D eigenvalue weighted by Crippen LogP contribution is -2.41. The quantitative estimate of drug-likeness (QED) is 0.681. The van der Waals surface area contributed by atoms with Crippen LogP contribution < -0.4 is 10.6 Å². The normalized spacial score (nSPS) is 18.7. The molecule has 0 saturated heterocycles. The minimum atomic E-state index is -1.12. The fraction of sp³-hybridized carbons (Fsp3) is 0.111. The van der Waals surface area contributed by atoms with Gasteiger partial charge < -0.3 is 15.7 Å². The predicted octanol–water partition coefficient (Wildman–Crippen LogP) is 1.60. The molecule has 1 unspecified atom stereocenters. The van der Waals surface area contributed by atoms with Crippen LogP contribution in [0.1, 0.15) is 11.6 Å². The molecule has 1 aliphatic heterocycles. The van der Waals surface area contributed by atoms with Gasteiger partial charge in [-0.1, -0.05) is 11.6 Å². The zero-order valence-electron chi connectivity index (χ0n) is 7.45. The van der Waals surface area contributed by atoms with Crippen molar-refractivity contribution in [3.63, 3.8) is 0 Å². The van der Waals surface area contributed by atoms with Gasteiger partial charge in [0.2, 0.25) is 0 Å². The maximum atomic E-state index is 11.1. The molecule has 15 heavy (non-hydrogen) atoms. The van der Waals surface area contributed by atoms with Crippen LogP contribution in [-0.2, 0) is 4.79 Å². The Hall–Kier alpha value is -1.75. The number of carboxylic acid groups (broad SMARTS) is 1. The molecule has 0 saturated carbocycles. The summed E-state index contributed by atoms with van der Waals surface area (Å²) in [5.41, 5.74) is 0.921. The number of nitrogens with one attached hydrogen (secondary N) is 2. The SMILES string of the molecule is O=C1Nc2ccc(Cl)cc2C(C(=O)O)N1. The van der Waals surface area contributed by atoms with Gasteiger partial charge in [0.05, 0.1) is 0 Å². The van der Waals surface area contributed by atoms with E-state index in [1.807, 2.05) is 0 Å². The van der Waals surface area contributed by atoms with Crippen molar-refractivity contribution >= 4 is 29.3 Å². The van der Waals surface area contributed by atoms with Crippen LogP contribution in [0.5, 0.6) is 0 Å². The fourth-order valence-electron chi connectivity index (χ4n) is 1.45. The van der Waals surface area contributed by atoms with Crippen molar-refractivity contribution in [3.8, 4) is 0 Å². The minimum absolute atomic E-state index is 0.429. The Morgan fingerprint density at radius 1 is 1.47 bits per heavy atom. The number of amides is 2. The van der Waals surface area contributed by atoms with Crippen LogP contribution >= 0.6 is 11.6 Å². The standard InChI is InChI=1S/C9H7ClN2O3/c10-4-1-2-6-5(3-4)7(8(13)14)12-9(15)11-6/h1-3,7H,(H,13,14)(H2,11,12,15). The number of fused-ring (bicyclic) bond motifs is 1. The first kappa shape index (κ1) is 9.79. The lowest BCUT2D eigenvalue weighted by Gasteiger charge is -2.24. The number of hydrogen-bond donors (Lipinski definition) is 3. The molecule has 0 aliphatic carbocycles. The van der Waals surface area contributed by atoms with Crippen molar-refractivity contribution in [2.75, 3.05) is 5.32 Å². The number of aliphatic carboxylic acids is 1. The average molecular weight is 227 g/mol. The Kier molecular flexibility index (Phi) is 2.24. The third-order valence-electron chi connectivity index (χ3n) is 2.10. The van der Waals surface area contributed by atoms with E-state index >= 15 is 0 Å². The lowest BCUT2D eigenvalue weighted by molar-refractivity contribution is -0.139. The number of hydrogen-bond acceptors (Lipinski definition) is 2. The summed E-state index contributed by atoms with van der Waals surface area (Å²) < 4.78 is 0. The number of carbonyl (C=O) groups is 2. The van der Waals surface area contributed by atoms with E-state index in [2.05, 4.69) is 10.6 Å². The Morgan fingerprint density at radius 2 is 2.20 bits per heavy atom. The van der Waals surface area contributed by atoms with Gasteiger partial charge in [0.25, 0.3) is 0 Å². The van der Waals surface area contributed by atoms with Gasteiger partial charge in [-0.3, -0.25) is 0 Å². The molecule has 0 radical (unpaired) electrons. The number of halogens is 1. The van der Waals surface area contributed by atoms with Crippen molar-refractivity contribution in [2.24, 2.45) is 0 Å². The molecule has 2 rings (SSSR count). The van der Waals surface area contributed by atoms with Crippen LogP contribution in [0.15, 0.2) is 18.2 Å². The zero-order chi connectivity index (χ0) is 11.0. The molecule has 0 aromatic heterocycles. The predicted molar refractivity (Wildman–Crippen MR) is 54.0 cm³/mol. The van der Waals surface area contributed by atoms with Gasteiger partial charge in [-0.25, -0.2) is 9.59 Å². The summed E-state index contributed by atoms with van der Waals surface area (Å²) in [6.45, 7) is 0.